The molecule has 2 aromatic rings. The number of aryl methyl sites for hydroxylation is 1. The van der Waals surface area contributed by atoms with Crippen LogP contribution in [-0.4, -0.2) is 51.4 Å². The van der Waals surface area contributed by atoms with Crippen molar-refractivity contribution in [2.75, 3.05) is 19.6 Å². The summed E-state index contributed by atoms with van der Waals surface area (Å²) in [6.07, 6.45) is 3.65. The Morgan fingerprint density at radius 2 is 2.00 bits per heavy atom. The minimum atomic E-state index is -0.347. The van der Waals surface area contributed by atoms with Gasteiger partial charge in [0.2, 0.25) is 0 Å². The molecule has 4 heterocycles. The monoisotopic (exact) mass is 352 g/mol. The maximum absolute atomic E-state index is 12.9. The third kappa shape index (κ3) is 3.42. The molecule has 6 heteroatoms. The molecule has 26 heavy (non-hydrogen) atoms. The van der Waals surface area contributed by atoms with Crippen molar-refractivity contribution in [3.63, 3.8) is 0 Å². The van der Waals surface area contributed by atoms with Gasteiger partial charge < -0.3 is 9.88 Å². The fourth-order valence-corrected chi connectivity index (χ4v) is 4.16. The highest BCUT2D eigenvalue weighted by Gasteiger charge is 2.37. The fourth-order valence-electron chi connectivity index (χ4n) is 4.16. The average molecular weight is 352 g/mol. The predicted molar refractivity (Wildman–Crippen MR) is 98.9 cm³/mol. The normalized spacial score (nSPS) is 23.0. The quantitative estimate of drug-likeness (QED) is 0.915. The van der Waals surface area contributed by atoms with Gasteiger partial charge in [0.25, 0.3) is 11.5 Å². The first-order valence-electron chi connectivity index (χ1n) is 9.23. The number of hydrogen-bond acceptors (Lipinski definition) is 4. The Hall–Kier alpha value is -2.47. The Morgan fingerprint density at radius 3 is 2.77 bits per heavy atom. The van der Waals surface area contributed by atoms with Crippen LogP contribution in [0.15, 0.2) is 41.3 Å². The van der Waals surface area contributed by atoms with Gasteiger partial charge in [-0.15, -0.1) is 0 Å². The van der Waals surface area contributed by atoms with Gasteiger partial charge in [-0.3, -0.25) is 14.5 Å². The van der Waals surface area contributed by atoms with Crippen molar-refractivity contribution in [1.82, 2.24) is 19.8 Å². The van der Waals surface area contributed by atoms with E-state index in [-0.39, 0.29) is 17.0 Å². The SMILES string of the molecule is Cc1ncc(C(=O)N2C[C@H]3CC[C@@H](C2)N(Cc2ccccc2)C3)c(=O)[nH]1. The molecule has 0 aliphatic carbocycles. The molecular weight excluding hydrogens is 328 g/mol. The van der Waals surface area contributed by atoms with E-state index in [9.17, 15) is 9.59 Å². The molecule has 6 nitrogen and oxygen atoms in total. The van der Waals surface area contributed by atoms with E-state index < -0.39 is 0 Å². The average Bonchev–Trinajstić information content (AvgIpc) is 2.94. The van der Waals surface area contributed by atoms with Crippen molar-refractivity contribution in [1.29, 1.82) is 0 Å². The van der Waals surface area contributed by atoms with Crippen LogP contribution in [0.5, 0.6) is 0 Å². The summed E-state index contributed by atoms with van der Waals surface area (Å²) in [5.74, 6) is 0.785. The van der Waals surface area contributed by atoms with Crippen LogP contribution in [0, 0.1) is 12.8 Å². The van der Waals surface area contributed by atoms with Crippen molar-refractivity contribution < 1.29 is 4.79 Å². The van der Waals surface area contributed by atoms with Gasteiger partial charge in [0.05, 0.1) is 0 Å². The van der Waals surface area contributed by atoms with E-state index >= 15 is 0 Å². The lowest BCUT2D eigenvalue weighted by atomic mass is 9.94. The minimum absolute atomic E-state index is 0.145. The van der Waals surface area contributed by atoms with Gasteiger partial charge in [-0.1, -0.05) is 30.3 Å². The Bertz CT molecular complexity index is 848. The molecule has 3 saturated heterocycles. The van der Waals surface area contributed by atoms with Crippen LogP contribution in [-0.2, 0) is 6.54 Å². The van der Waals surface area contributed by atoms with Gasteiger partial charge in [-0.2, -0.15) is 0 Å². The molecule has 2 atom stereocenters. The topological polar surface area (TPSA) is 69.3 Å². The zero-order valence-corrected chi connectivity index (χ0v) is 15.0. The number of rotatable bonds is 3. The van der Waals surface area contributed by atoms with Crippen molar-refractivity contribution in [2.45, 2.75) is 32.4 Å². The van der Waals surface area contributed by atoms with Gasteiger partial charge >= 0.3 is 0 Å². The molecule has 0 spiro atoms. The number of H-pyrrole nitrogens is 1. The van der Waals surface area contributed by atoms with Gasteiger partial charge in [0.1, 0.15) is 11.4 Å². The molecule has 1 N–H and O–H groups in total. The summed E-state index contributed by atoms with van der Waals surface area (Å²) in [5.41, 5.74) is 1.10. The van der Waals surface area contributed by atoms with E-state index in [1.165, 1.54) is 11.8 Å². The molecule has 1 aromatic heterocycles. The summed E-state index contributed by atoms with van der Waals surface area (Å²) in [5, 5.41) is 0. The Morgan fingerprint density at radius 1 is 1.19 bits per heavy atom. The van der Waals surface area contributed by atoms with Crippen LogP contribution in [0.1, 0.15) is 34.6 Å². The number of benzene rings is 1. The number of carbonyl (C=O) groups is 1. The van der Waals surface area contributed by atoms with Gasteiger partial charge in [-0.25, -0.2) is 4.98 Å². The largest absolute Gasteiger partial charge is 0.337 e. The fraction of sp³-hybridized carbons (Fsp3) is 0.450. The maximum Gasteiger partial charge on any atom is 0.263 e. The number of piperidine rings is 1. The summed E-state index contributed by atoms with van der Waals surface area (Å²) in [4.78, 5) is 36.1. The van der Waals surface area contributed by atoms with Crippen molar-refractivity contribution in [3.05, 3.63) is 63.8 Å². The first kappa shape index (κ1) is 17.0. The number of nitrogens with zero attached hydrogens (tertiary/aromatic N) is 3. The number of amides is 1. The number of carbonyl (C=O) groups excluding carboxylic acids is 1. The summed E-state index contributed by atoms with van der Waals surface area (Å²) in [7, 11) is 0. The van der Waals surface area contributed by atoms with E-state index in [1.807, 2.05) is 11.0 Å². The van der Waals surface area contributed by atoms with E-state index in [0.29, 0.717) is 30.9 Å². The van der Waals surface area contributed by atoms with Crippen LogP contribution in [0.25, 0.3) is 0 Å². The summed E-state index contributed by atoms with van der Waals surface area (Å²) < 4.78 is 0. The smallest absolute Gasteiger partial charge is 0.263 e. The van der Waals surface area contributed by atoms with Crippen molar-refractivity contribution >= 4 is 5.91 Å². The predicted octanol–water partition coefficient (Wildman–Crippen LogP) is 1.81. The molecule has 5 rings (SSSR count). The highest BCUT2D eigenvalue weighted by atomic mass is 16.2. The third-order valence-corrected chi connectivity index (χ3v) is 5.50. The molecule has 2 bridgehead atoms. The van der Waals surface area contributed by atoms with Crippen LogP contribution in [0.4, 0.5) is 0 Å². The number of fused-ring (bicyclic) bond motifs is 4. The molecule has 3 aliphatic heterocycles. The molecular formula is C20H24N4O2. The van der Waals surface area contributed by atoms with Crippen LogP contribution in [0.3, 0.4) is 0 Å². The highest BCUT2D eigenvalue weighted by Crippen LogP contribution is 2.29. The van der Waals surface area contributed by atoms with E-state index in [0.717, 1.165) is 25.9 Å². The Labute approximate surface area is 152 Å². The molecule has 0 saturated carbocycles. The summed E-state index contributed by atoms with van der Waals surface area (Å²) in [6, 6.07) is 10.8. The standard InChI is InChI=1S/C20H24N4O2/c1-14-21-9-18(19(25)22-14)20(26)24-12-16-7-8-17(13-24)23(11-16)10-15-5-3-2-4-6-15/h2-6,9,16-17H,7-8,10-13H2,1H3,(H,21,22,25)/t16-,17-/m0/s1. The summed E-state index contributed by atoms with van der Waals surface area (Å²) >= 11 is 0. The highest BCUT2D eigenvalue weighted by molar-refractivity contribution is 5.93. The molecule has 1 amide bonds. The molecule has 3 fully saturated rings. The lowest BCUT2D eigenvalue weighted by Crippen LogP contribution is -2.44. The lowest BCUT2D eigenvalue weighted by molar-refractivity contribution is 0.0733. The van der Waals surface area contributed by atoms with Crippen LogP contribution in [0.2, 0.25) is 0 Å². The van der Waals surface area contributed by atoms with Gasteiger partial charge in [-0.05, 0) is 31.2 Å². The van der Waals surface area contributed by atoms with Crippen LogP contribution >= 0.6 is 0 Å². The van der Waals surface area contributed by atoms with Gasteiger partial charge in [0.15, 0.2) is 0 Å². The van der Waals surface area contributed by atoms with E-state index in [4.69, 9.17) is 0 Å². The second-order valence-corrected chi connectivity index (χ2v) is 7.43. The number of aromatic amines is 1. The second kappa shape index (κ2) is 7.03. The second-order valence-electron chi connectivity index (χ2n) is 7.43. The Balaban J connectivity index is 1.52. The maximum atomic E-state index is 12.9. The minimum Gasteiger partial charge on any atom is -0.337 e. The summed E-state index contributed by atoms with van der Waals surface area (Å²) in [6.45, 7) is 5.02. The molecule has 0 radical (unpaired) electrons. The Kier molecular flexibility index (Phi) is 4.59. The molecule has 3 aliphatic rings. The molecule has 0 unspecified atom stereocenters. The zero-order valence-electron chi connectivity index (χ0n) is 15.0. The lowest BCUT2D eigenvalue weighted by Gasteiger charge is -2.36. The zero-order chi connectivity index (χ0) is 18.1. The van der Waals surface area contributed by atoms with Crippen LogP contribution < -0.4 is 5.56 Å². The third-order valence-electron chi connectivity index (χ3n) is 5.50. The number of nitrogens with one attached hydrogen (secondary N) is 1. The first-order valence-corrected chi connectivity index (χ1v) is 9.23. The number of aromatic nitrogens is 2. The van der Waals surface area contributed by atoms with Crippen molar-refractivity contribution in [2.24, 2.45) is 5.92 Å². The van der Waals surface area contributed by atoms with E-state index in [1.54, 1.807) is 6.92 Å². The van der Waals surface area contributed by atoms with E-state index in [2.05, 4.69) is 39.1 Å². The molecule has 136 valence electrons. The van der Waals surface area contributed by atoms with Crippen molar-refractivity contribution in [3.8, 4) is 0 Å². The number of hydrogen-bond donors (Lipinski definition) is 1. The molecule has 1 aromatic carbocycles. The first-order chi connectivity index (χ1) is 12.6. The van der Waals surface area contributed by atoms with Gasteiger partial charge in [0, 0.05) is 38.4 Å².